The predicted molar refractivity (Wildman–Crippen MR) is 111 cm³/mol. The van der Waals surface area contributed by atoms with Crippen LogP contribution in [0.4, 0.5) is 5.69 Å². The smallest absolute Gasteiger partial charge is 0.255 e. The molecule has 2 aromatic carbocycles. The van der Waals surface area contributed by atoms with Crippen molar-refractivity contribution in [2.24, 2.45) is 0 Å². The maximum atomic E-state index is 12.9. The van der Waals surface area contributed by atoms with E-state index in [1.165, 1.54) is 0 Å². The Bertz CT molecular complexity index is 927. The summed E-state index contributed by atoms with van der Waals surface area (Å²) >= 11 is 0. The molecule has 0 saturated heterocycles. The van der Waals surface area contributed by atoms with Crippen molar-refractivity contribution in [1.82, 2.24) is 9.78 Å². The summed E-state index contributed by atoms with van der Waals surface area (Å²) in [6.45, 7) is 7.00. The van der Waals surface area contributed by atoms with E-state index in [1.54, 1.807) is 23.0 Å². The standard InChI is InChI=1S/C22H25N3O4/c1-4-27-19-13-16(14-20(28-5-2)21(19)29-6-3)22(26)24-17-9-7-10-18(15-17)25-12-8-11-23-25/h7-15H,4-6H2,1-3H3,(H,24,26). The Kier molecular flexibility index (Phi) is 6.73. The molecule has 1 aromatic heterocycles. The van der Waals surface area contributed by atoms with Crippen LogP contribution < -0.4 is 19.5 Å². The van der Waals surface area contributed by atoms with Gasteiger partial charge in [0.1, 0.15) is 0 Å². The number of ether oxygens (including phenoxy) is 3. The van der Waals surface area contributed by atoms with E-state index in [0.717, 1.165) is 5.69 Å². The number of nitrogens with one attached hydrogen (secondary N) is 1. The van der Waals surface area contributed by atoms with E-state index in [9.17, 15) is 4.79 Å². The Morgan fingerprint density at radius 3 is 2.24 bits per heavy atom. The number of anilines is 1. The molecule has 0 spiro atoms. The third-order valence-corrected chi connectivity index (χ3v) is 4.04. The Labute approximate surface area is 170 Å². The summed E-state index contributed by atoms with van der Waals surface area (Å²) in [5.74, 6) is 1.20. The second-order valence-corrected chi connectivity index (χ2v) is 6.06. The average Bonchev–Trinajstić information content (AvgIpc) is 3.26. The van der Waals surface area contributed by atoms with Crippen LogP contribution in [0.5, 0.6) is 17.2 Å². The van der Waals surface area contributed by atoms with Crippen LogP contribution in [-0.4, -0.2) is 35.5 Å². The van der Waals surface area contributed by atoms with Gasteiger partial charge in [-0.25, -0.2) is 4.68 Å². The van der Waals surface area contributed by atoms with Crippen LogP contribution in [-0.2, 0) is 0 Å². The van der Waals surface area contributed by atoms with Crippen LogP contribution in [0.15, 0.2) is 54.9 Å². The Morgan fingerprint density at radius 1 is 0.966 bits per heavy atom. The summed E-state index contributed by atoms with van der Waals surface area (Å²) in [4.78, 5) is 12.9. The highest BCUT2D eigenvalue weighted by Gasteiger charge is 2.18. The van der Waals surface area contributed by atoms with Gasteiger partial charge in [-0.05, 0) is 57.2 Å². The van der Waals surface area contributed by atoms with E-state index < -0.39 is 0 Å². The minimum absolute atomic E-state index is 0.271. The quantitative estimate of drug-likeness (QED) is 0.584. The van der Waals surface area contributed by atoms with Gasteiger partial charge in [-0.1, -0.05) is 6.07 Å². The molecule has 29 heavy (non-hydrogen) atoms. The van der Waals surface area contributed by atoms with Gasteiger partial charge in [0.05, 0.1) is 25.5 Å². The maximum Gasteiger partial charge on any atom is 0.255 e. The van der Waals surface area contributed by atoms with Crippen molar-refractivity contribution < 1.29 is 19.0 Å². The highest BCUT2D eigenvalue weighted by molar-refractivity contribution is 6.05. The summed E-state index contributed by atoms with van der Waals surface area (Å²) in [7, 11) is 0. The molecule has 0 aliphatic carbocycles. The van der Waals surface area contributed by atoms with Gasteiger partial charge in [0, 0.05) is 23.6 Å². The minimum Gasteiger partial charge on any atom is -0.490 e. The number of carbonyl (C=O) groups is 1. The maximum absolute atomic E-state index is 12.9. The fourth-order valence-electron chi connectivity index (χ4n) is 2.87. The van der Waals surface area contributed by atoms with Crippen LogP contribution in [0.1, 0.15) is 31.1 Å². The van der Waals surface area contributed by atoms with Crippen LogP contribution in [0.2, 0.25) is 0 Å². The summed E-state index contributed by atoms with van der Waals surface area (Å²) < 4.78 is 18.8. The third kappa shape index (κ3) is 4.87. The zero-order valence-electron chi connectivity index (χ0n) is 16.8. The van der Waals surface area contributed by atoms with Crippen molar-refractivity contribution in [3.63, 3.8) is 0 Å². The monoisotopic (exact) mass is 395 g/mol. The van der Waals surface area contributed by atoms with E-state index in [-0.39, 0.29) is 5.91 Å². The highest BCUT2D eigenvalue weighted by Crippen LogP contribution is 2.39. The number of hydrogen-bond acceptors (Lipinski definition) is 5. The van der Waals surface area contributed by atoms with Crippen LogP contribution >= 0.6 is 0 Å². The van der Waals surface area contributed by atoms with Crippen molar-refractivity contribution in [2.45, 2.75) is 20.8 Å². The van der Waals surface area contributed by atoms with Gasteiger partial charge in [-0.2, -0.15) is 5.10 Å². The summed E-state index contributed by atoms with van der Waals surface area (Å²) in [5.41, 5.74) is 1.93. The Hall–Kier alpha value is -3.48. The van der Waals surface area contributed by atoms with Gasteiger partial charge in [-0.15, -0.1) is 0 Å². The number of nitrogens with zero attached hydrogens (tertiary/aromatic N) is 2. The Morgan fingerprint density at radius 2 is 1.66 bits per heavy atom. The molecule has 0 bridgehead atoms. The highest BCUT2D eigenvalue weighted by atomic mass is 16.5. The molecule has 0 fully saturated rings. The van der Waals surface area contributed by atoms with E-state index in [1.807, 2.05) is 57.3 Å². The molecule has 1 N–H and O–H groups in total. The van der Waals surface area contributed by atoms with Crippen molar-refractivity contribution in [3.8, 4) is 22.9 Å². The number of amides is 1. The fraction of sp³-hybridized carbons (Fsp3) is 0.273. The second-order valence-electron chi connectivity index (χ2n) is 6.06. The van der Waals surface area contributed by atoms with Gasteiger partial charge in [0.15, 0.2) is 11.5 Å². The molecule has 7 nitrogen and oxygen atoms in total. The molecule has 152 valence electrons. The first kappa shape index (κ1) is 20.3. The number of rotatable bonds is 9. The van der Waals surface area contributed by atoms with Crippen LogP contribution in [0, 0.1) is 0 Å². The number of carbonyl (C=O) groups excluding carboxylic acids is 1. The Balaban J connectivity index is 1.89. The molecular weight excluding hydrogens is 370 g/mol. The lowest BCUT2D eigenvalue weighted by molar-refractivity contribution is 0.102. The number of hydrogen-bond donors (Lipinski definition) is 1. The zero-order valence-corrected chi connectivity index (χ0v) is 16.8. The van der Waals surface area contributed by atoms with Crippen LogP contribution in [0.25, 0.3) is 5.69 Å². The number of benzene rings is 2. The lowest BCUT2D eigenvalue weighted by Gasteiger charge is -2.17. The molecule has 0 unspecified atom stereocenters. The minimum atomic E-state index is -0.271. The van der Waals surface area contributed by atoms with Gasteiger partial charge in [0.25, 0.3) is 5.91 Å². The molecule has 0 atom stereocenters. The predicted octanol–water partition coefficient (Wildman–Crippen LogP) is 4.32. The van der Waals surface area contributed by atoms with Crippen molar-refractivity contribution in [2.75, 3.05) is 25.1 Å². The molecule has 7 heteroatoms. The lowest BCUT2D eigenvalue weighted by atomic mass is 10.1. The van der Waals surface area contributed by atoms with Gasteiger partial charge >= 0.3 is 0 Å². The lowest BCUT2D eigenvalue weighted by Crippen LogP contribution is -2.13. The molecule has 3 aromatic rings. The molecule has 0 aliphatic rings. The first-order valence-electron chi connectivity index (χ1n) is 9.64. The van der Waals surface area contributed by atoms with E-state index in [0.29, 0.717) is 48.3 Å². The van der Waals surface area contributed by atoms with Gasteiger partial charge in [0.2, 0.25) is 5.75 Å². The van der Waals surface area contributed by atoms with Crippen molar-refractivity contribution in [3.05, 3.63) is 60.4 Å². The molecule has 0 radical (unpaired) electrons. The normalized spacial score (nSPS) is 10.4. The molecular formula is C22H25N3O4. The van der Waals surface area contributed by atoms with Gasteiger partial charge in [-0.3, -0.25) is 4.79 Å². The van der Waals surface area contributed by atoms with E-state index in [2.05, 4.69) is 10.4 Å². The summed E-state index contributed by atoms with van der Waals surface area (Å²) in [5, 5.41) is 7.13. The van der Waals surface area contributed by atoms with Crippen LogP contribution in [0.3, 0.4) is 0 Å². The second kappa shape index (κ2) is 9.64. The third-order valence-electron chi connectivity index (χ3n) is 4.04. The molecule has 1 heterocycles. The summed E-state index contributed by atoms with van der Waals surface area (Å²) in [6.07, 6.45) is 3.55. The largest absolute Gasteiger partial charge is 0.490 e. The van der Waals surface area contributed by atoms with E-state index >= 15 is 0 Å². The van der Waals surface area contributed by atoms with Crippen molar-refractivity contribution in [1.29, 1.82) is 0 Å². The number of aromatic nitrogens is 2. The average molecular weight is 395 g/mol. The summed E-state index contributed by atoms with van der Waals surface area (Å²) in [6, 6.07) is 12.6. The first-order chi connectivity index (χ1) is 14.2. The zero-order chi connectivity index (χ0) is 20.6. The molecule has 1 amide bonds. The molecule has 3 rings (SSSR count). The molecule has 0 saturated carbocycles. The molecule has 0 aliphatic heterocycles. The topological polar surface area (TPSA) is 74.6 Å². The van der Waals surface area contributed by atoms with Crippen molar-refractivity contribution >= 4 is 11.6 Å². The van der Waals surface area contributed by atoms with E-state index in [4.69, 9.17) is 14.2 Å². The fourth-order valence-corrected chi connectivity index (χ4v) is 2.87. The SMILES string of the molecule is CCOc1cc(C(=O)Nc2cccc(-n3cccn3)c2)cc(OCC)c1OCC. The van der Waals surface area contributed by atoms with Gasteiger partial charge < -0.3 is 19.5 Å². The first-order valence-corrected chi connectivity index (χ1v) is 9.64.